The van der Waals surface area contributed by atoms with Crippen LogP contribution < -0.4 is 0 Å². The lowest BCUT2D eigenvalue weighted by Gasteiger charge is -2.19. The Balaban J connectivity index is 2.39. The maximum absolute atomic E-state index is 12.3. The van der Waals surface area contributed by atoms with Gasteiger partial charge in [0.25, 0.3) is 5.69 Å². The van der Waals surface area contributed by atoms with Crippen molar-refractivity contribution in [1.82, 2.24) is 4.31 Å². The molecule has 21 heavy (non-hydrogen) atoms. The van der Waals surface area contributed by atoms with E-state index in [0.717, 1.165) is 24.3 Å². The molecule has 1 heterocycles. The summed E-state index contributed by atoms with van der Waals surface area (Å²) in [7, 11) is -4.20. The van der Waals surface area contributed by atoms with Crippen molar-refractivity contribution in [2.75, 3.05) is 6.54 Å². The molecule has 112 valence electrons. The Hall–Kier alpha value is -2.33. The number of Topliss-reactive ketones (excluding diaryl/α,β-unsaturated/α-hetero) is 1. The van der Waals surface area contributed by atoms with E-state index in [-0.39, 0.29) is 17.0 Å². The Labute approximate surface area is 119 Å². The number of carbonyl (C=O) groups is 2. The number of benzene rings is 1. The summed E-state index contributed by atoms with van der Waals surface area (Å²) in [6.07, 6.45) is -0.387. The lowest BCUT2D eigenvalue weighted by atomic mass is 10.2. The Morgan fingerprint density at radius 3 is 2.38 bits per heavy atom. The molecule has 0 radical (unpaired) electrons. The van der Waals surface area contributed by atoms with Gasteiger partial charge >= 0.3 is 5.97 Å². The predicted molar refractivity (Wildman–Crippen MR) is 68.0 cm³/mol. The fourth-order valence-electron chi connectivity index (χ4n) is 2.00. The van der Waals surface area contributed by atoms with Gasteiger partial charge < -0.3 is 5.11 Å². The van der Waals surface area contributed by atoms with Crippen LogP contribution in [0.3, 0.4) is 0 Å². The minimum atomic E-state index is -4.20. The van der Waals surface area contributed by atoms with E-state index >= 15 is 0 Å². The van der Waals surface area contributed by atoms with Crippen LogP contribution in [0.2, 0.25) is 0 Å². The van der Waals surface area contributed by atoms with Crippen molar-refractivity contribution in [2.24, 2.45) is 0 Å². The first-order chi connectivity index (χ1) is 9.73. The van der Waals surface area contributed by atoms with Gasteiger partial charge in [-0.2, -0.15) is 4.31 Å². The molecule has 10 heteroatoms. The molecule has 1 atom stereocenters. The number of nitro benzene ring substituents is 1. The Morgan fingerprint density at radius 2 is 1.90 bits per heavy atom. The van der Waals surface area contributed by atoms with Crippen LogP contribution in [0.5, 0.6) is 0 Å². The highest BCUT2D eigenvalue weighted by atomic mass is 32.2. The second kappa shape index (κ2) is 5.22. The Kier molecular flexibility index (Phi) is 3.75. The molecule has 1 N–H and O–H groups in total. The van der Waals surface area contributed by atoms with E-state index in [4.69, 9.17) is 5.11 Å². The van der Waals surface area contributed by atoms with Crippen molar-refractivity contribution in [1.29, 1.82) is 0 Å². The zero-order valence-electron chi connectivity index (χ0n) is 10.5. The molecule has 1 aliphatic heterocycles. The lowest BCUT2D eigenvalue weighted by Crippen LogP contribution is -2.40. The molecule has 0 spiro atoms. The number of hydrogen-bond acceptors (Lipinski definition) is 6. The third kappa shape index (κ3) is 2.76. The number of sulfonamides is 1. The van der Waals surface area contributed by atoms with Gasteiger partial charge in [-0.3, -0.25) is 19.7 Å². The molecule has 1 fully saturated rings. The number of ketones is 1. The zero-order chi connectivity index (χ0) is 15.8. The average Bonchev–Trinajstić information content (AvgIpc) is 2.82. The van der Waals surface area contributed by atoms with Crippen LogP contribution in [0.25, 0.3) is 0 Å². The molecular formula is C11H10N2O7S. The van der Waals surface area contributed by atoms with Crippen LogP contribution in [0.4, 0.5) is 5.69 Å². The summed E-state index contributed by atoms with van der Waals surface area (Å²) in [5.41, 5.74) is -0.291. The quantitative estimate of drug-likeness (QED) is 0.611. The largest absolute Gasteiger partial charge is 0.480 e. The SMILES string of the molecule is O=C1CC(C(=O)O)N(S(=O)(=O)c2ccc([N+](=O)[O-])cc2)C1. The summed E-state index contributed by atoms with van der Waals surface area (Å²) >= 11 is 0. The van der Waals surface area contributed by atoms with E-state index in [1.165, 1.54) is 0 Å². The van der Waals surface area contributed by atoms with Gasteiger partial charge in [-0.1, -0.05) is 0 Å². The minimum absolute atomic E-state index is 0.291. The summed E-state index contributed by atoms with van der Waals surface area (Å²) < 4.78 is 25.2. The van der Waals surface area contributed by atoms with Crippen molar-refractivity contribution < 1.29 is 28.0 Å². The van der Waals surface area contributed by atoms with Crippen LogP contribution in [0.1, 0.15) is 6.42 Å². The molecule has 0 saturated carbocycles. The van der Waals surface area contributed by atoms with E-state index in [1.807, 2.05) is 0 Å². The number of carboxylic acid groups (broad SMARTS) is 1. The van der Waals surface area contributed by atoms with Gasteiger partial charge in [-0.05, 0) is 12.1 Å². The number of aliphatic carboxylic acids is 1. The molecule has 0 bridgehead atoms. The number of carbonyl (C=O) groups excluding carboxylic acids is 1. The summed E-state index contributed by atoms with van der Waals surface area (Å²) in [5.74, 6) is -1.90. The number of hydrogen-bond donors (Lipinski definition) is 1. The van der Waals surface area contributed by atoms with Gasteiger partial charge in [0, 0.05) is 18.6 Å². The van der Waals surface area contributed by atoms with Crippen LogP contribution in [-0.2, 0) is 19.6 Å². The van der Waals surface area contributed by atoms with Crippen molar-refractivity contribution in [2.45, 2.75) is 17.4 Å². The minimum Gasteiger partial charge on any atom is -0.480 e. The van der Waals surface area contributed by atoms with Crippen LogP contribution in [-0.4, -0.2) is 47.1 Å². The molecule has 1 saturated heterocycles. The van der Waals surface area contributed by atoms with Crippen molar-refractivity contribution in [3.05, 3.63) is 34.4 Å². The number of non-ortho nitro benzene ring substituents is 1. The van der Waals surface area contributed by atoms with Crippen molar-refractivity contribution in [3.8, 4) is 0 Å². The monoisotopic (exact) mass is 314 g/mol. The molecule has 0 aliphatic carbocycles. The van der Waals surface area contributed by atoms with Crippen LogP contribution in [0, 0.1) is 10.1 Å². The molecule has 9 nitrogen and oxygen atoms in total. The molecular weight excluding hydrogens is 304 g/mol. The first-order valence-corrected chi connectivity index (χ1v) is 7.18. The summed E-state index contributed by atoms with van der Waals surface area (Å²) in [5, 5.41) is 19.5. The lowest BCUT2D eigenvalue weighted by molar-refractivity contribution is -0.384. The van der Waals surface area contributed by atoms with E-state index in [1.54, 1.807) is 0 Å². The molecule has 0 amide bonds. The Bertz CT molecular complexity index is 711. The number of rotatable bonds is 4. The first-order valence-electron chi connectivity index (χ1n) is 5.74. The summed E-state index contributed by atoms with van der Waals surface area (Å²) in [4.78, 5) is 31.9. The zero-order valence-corrected chi connectivity index (χ0v) is 11.3. The molecule has 2 rings (SSSR count). The predicted octanol–water partition coefficient (Wildman–Crippen LogP) is 0.0115. The molecule has 1 aromatic rings. The highest BCUT2D eigenvalue weighted by Gasteiger charge is 2.43. The fraction of sp³-hybridized carbons (Fsp3) is 0.273. The van der Waals surface area contributed by atoms with Gasteiger partial charge in [0.2, 0.25) is 10.0 Å². The second-order valence-corrected chi connectivity index (χ2v) is 6.29. The van der Waals surface area contributed by atoms with Gasteiger partial charge in [0.05, 0.1) is 16.4 Å². The smallest absolute Gasteiger partial charge is 0.322 e. The first kappa shape index (κ1) is 15.1. The summed E-state index contributed by atoms with van der Waals surface area (Å²) in [6.45, 7) is -0.518. The number of nitro groups is 1. The standard InChI is InChI=1S/C11H10N2O7S/c14-8-5-10(11(15)16)12(6-8)21(19,20)9-3-1-7(2-4-9)13(17)18/h1-4,10H,5-6H2,(H,15,16). The van der Waals surface area contributed by atoms with Gasteiger partial charge in [-0.15, -0.1) is 0 Å². The van der Waals surface area contributed by atoms with E-state index in [9.17, 15) is 28.1 Å². The van der Waals surface area contributed by atoms with Crippen LogP contribution >= 0.6 is 0 Å². The maximum Gasteiger partial charge on any atom is 0.322 e. The topological polar surface area (TPSA) is 135 Å². The van der Waals surface area contributed by atoms with Gasteiger partial charge in [-0.25, -0.2) is 8.42 Å². The molecule has 0 aromatic heterocycles. The third-order valence-electron chi connectivity index (χ3n) is 3.04. The third-order valence-corrected chi connectivity index (χ3v) is 4.91. The highest BCUT2D eigenvalue weighted by Crippen LogP contribution is 2.25. The fourth-order valence-corrected chi connectivity index (χ4v) is 3.57. The molecule has 1 aliphatic rings. The van der Waals surface area contributed by atoms with Gasteiger partial charge in [0.1, 0.15) is 11.8 Å². The Morgan fingerprint density at radius 1 is 1.33 bits per heavy atom. The summed E-state index contributed by atoms with van der Waals surface area (Å²) in [6, 6.07) is 2.57. The van der Waals surface area contributed by atoms with Gasteiger partial charge in [0.15, 0.2) is 0 Å². The van der Waals surface area contributed by atoms with E-state index in [2.05, 4.69) is 0 Å². The number of carboxylic acids is 1. The normalized spacial score (nSPS) is 19.6. The second-order valence-electron chi connectivity index (χ2n) is 4.40. The number of nitrogens with zero attached hydrogens (tertiary/aromatic N) is 2. The van der Waals surface area contributed by atoms with Crippen molar-refractivity contribution >= 4 is 27.5 Å². The van der Waals surface area contributed by atoms with E-state index in [0.29, 0.717) is 4.31 Å². The molecule has 1 aromatic carbocycles. The highest BCUT2D eigenvalue weighted by molar-refractivity contribution is 7.89. The molecule has 1 unspecified atom stereocenters. The average molecular weight is 314 g/mol. The van der Waals surface area contributed by atoms with Crippen LogP contribution in [0.15, 0.2) is 29.2 Å². The maximum atomic E-state index is 12.3. The van der Waals surface area contributed by atoms with Crippen molar-refractivity contribution in [3.63, 3.8) is 0 Å². The van der Waals surface area contributed by atoms with E-state index < -0.39 is 39.3 Å².